The Bertz CT molecular complexity index is 805. The van der Waals surface area contributed by atoms with E-state index in [0.717, 1.165) is 11.3 Å². The second kappa shape index (κ2) is 8.25. The lowest BCUT2D eigenvalue weighted by molar-refractivity contribution is 0.0622. The van der Waals surface area contributed by atoms with Gasteiger partial charge < -0.3 is 25.3 Å². The van der Waals surface area contributed by atoms with E-state index in [1.165, 1.54) is 0 Å². The number of aromatic nitrogens is 1. The average Bonchev–Trinajstić information content (AvgIpc) is 3.03. The van der Waals surface area contributed by atoms with E-state index >= 15 is 0 Å². The lowest BCUT2D eigenvalue weighted by Crippen LogP contribution is -2.49. The van der Waals surface area contributed by atoms with Crippen molar-refractivity contribution in [2.45, 2.75) is 6.04 Å². The molecule has 7 nitrogen and oxygen atoms in total. The molecule has 3 N–H and O–H groups in total. The number of benzene rings is 1. The Morgan fingerprint density at radius 1 is 1.31 bits per heavy atom. The fraction of sp³-hybridized carbons (Fsp3) is 0.333. The topological polar surface area (TPSA) is 89.6 Å². The van der Waals surface area contributed by atoms with E-state index in [4.69, 9.17) is 10.5 Å². The lowest BCUT2D eigenvalue weighted by atomic mass is 10.0. The number of ether oxygens (including phenoxy) is 1. The fourth-order valence-corrected chi connectivity index (χ4v) is 3.23. The summed E-state index contributed by atoms with van der Waals surface area (Å²) in [6.07, 6.45) is 1.58. The van der Waals surface area contributed by atoms with E-state index in [1.807, 2.05) is 29.2 Å². The quantitative estimate of drug-likeness (QED) is 0.840. The molecule has 2 amide bonds. The third-order valence-electron chi connectivity index (χ3n) is 4.51. The number of primary amides is 1. The van der Waals surface area contributed by atoms with E-state index < -0.39 is 5.91 Å². The number of carbonyl (C=O) groups excluding carboxylic acids is 2. The monoisotopic (exact) mass is 378 g/mol. The molecular formula is C18H23ClN4O3. The van der Waals surface area contributed by atoms with Crippen molar-refractivity contribution < 1.29 is 14.3 Å². The van der Waals surface area contributed by atoms with Crippen LogP contribution < -0.4 is 15.8 Å². The number of nitrogens with zero attached hydrogens (tertiary/aromatic N) is 2. The Labute approximate surface area is 158 Å². The molecule has 1 aromatic carbocycles. The minimum absolute atomic E-state index is 0. The average molecular weight is 379 g/mol. The molecule has 0 bridgehead atoms. The molecule has 1 saturated heterocycles. The number of nitrogens with one attached hydrogen (secondary N) is 1. The third kappa shape index (κ3) is 3.68. The first-order valence-corrected chi connectivity index (χ1v) is 8.13. The highest BCUT2D eigenvalue weighted by Gasteiger charge is 2.31. The first kappa shape index (κ1) is 19.8. The molecule has 1 fully saturated rings. The van der Waals surface area contributed by atoms with Crippen LogP contribution in [0.2, 0.25) is 0 Å². The van der Waals surface area contributed by atoms with Crippen LogP contribution >= 0.6 is 12.4 Å². The number of para-hydroxylation sites is 1. The summed E-state index contributed by atoms with van der Waals surface area (Å²) in [6, 6.07) is 9.09. The first-order valence-electron chi connectivity index (χ1n) is 8.13. The highest BCUT2D eigenvalue weighted by molar-refractivity contribution is 5.99. The van der Waals surface area contributed by atoms with E-state index in [2.05, 4.69) is 5.32 Å². The summed E-state index contributed by atoms with van der Waals surface area (Å²) in [5.74, 6) is 0.0716. The number of piperazine rings is 1. The number of methoxy groups -OCH3 is 1. The number of hydrogen-bond acceptors (Lipinski definition) is 4. The van der Waals surface area contributed by atoms with Crippen molar-refractivity contribution in [3.63, 3.8) is 0 Å². The molecule has 3 rings (SSSR count). The summed E-state index contributed by atoms with van der Waals surface area (Å²) in [6.45, 7) is 1.92. The molecule has 1 atom stereocenters. The smallest absolute Gasteiger partial charge is 0.271 e. The molecule has 0 aliphatic carbocycles. The minimum Gasteiger partial charge on any atom is -0.496 e. The summed E-state index contributed by atoms with van der Waals surface area (Å²) < 4.78 is 7.10. The normalized spacial score (nSPS) is 16.7. The second-order valence-electron chi connectivity index (χ2n) is 6.05. The maximum Gasteiger partial charge on any atom is 0.271 e. The van der Waals surface area contributed by atoms with Crippen LogP contribution in [-0.2, 0) is 7.05 Å². The van der Waals surface area contributed by atoms with Crippen LogP contribution in [-0.4, -0.2) is 48.0 Å². The maximum atomic E-state index is 13.1. The second-order valence-corrected chi connectivity index (χ2v) is 6.05. The summed E-state index contributed by atoms with van der Waals surface area (Å²) in [5.41, 5.74) is 7.05. The highest BCUT2D eigenvalue weighted by atomic mass is 35.5. The zero-order valence-corrected chi connectivity index (χ0v) is 15.6. The molecule has 8 heteroatoms. The van der Waals surface area contributed by atoms with Gasteiger partial charge in [0, 0.05) is 38.4 Å². The lowest BCUT2D eigenvalue weighted by Gasteiger charge is -2.37. The number of nitrogens with two attached hydrogens (primary N) is 1. The van der Waals surface area contributed by atoms with Crippen LogP contribution in [0.4, 0.5) is 0 Å². The van der Waals surface area contributed by atoms with Gasteiger partial charge in [-0.25, -0.2) is 0 Å². The molecule has 1 unspecified atom stereocenters. The van der Waals surface area contributed by atoms with Crippen molar-refractivity contribution in [1.29, 1.82) is 0 Å². The van der Waals surface area contributed by atoms with Crippen LogP contribution in [0.5, 0.6) is 5.75 Å². The van der Waals surface area contributed by atoms with Crippen molar-refractivity contribution in [3.05, 3.63) is 53.3 Å². The van der Waals surface area contributed by atoms with Crippen LogP contribution in [0, 0.1) is 0 Å². The molecule has 140 valence electrons. The highest BCUT2D eigenvalue weighted by Crippen LogP contribution is 2.31. The molecule has 1 aliphatic rings. The van der Waals surface area contributed by atoms with Gasteiger partial charge in [0.2, 0.25) is 5.91 Å². The fourth-order valence-electron chi connectivity index (χ4n) is 3.23. The molecule has 2 aromatic rings. The number of amides is 2. The van der Waals surface area contributed by atoms with Gasteiger partial charge in [-0.2, -0.15) is 0 Å². The Morgan fingerprint density at radius 3 is 2.69 bits per heavy atom. The Morgan fingerprint density at radius 2 is 2.04 bits per heavy atom. The number of rotatable bonds is 4. The SMILES string of the molecule is COc1ccccc1C1CNCCN1C(=O)c1cc(C(N)=O)cn1C.Cl. The van der Waals surface area contributed by atoms with Crippen LogP contribution in [0.3, 0.4) is 0 Å². The Hall–Kier alpha value is -2.51. The number of halogens is 1. The van der Waals surface area contributed by atoms with Crippen LogP contribution in [0.15, 0.2) is 36.5 Å². The van der Waals surface area contributed by atoms with Gasteiger partial charge in [0.05, 0.1) is 18.7 Å². The number of hydrogen-bond donors (Lipinski definition) is 2. The molecule has 0 spiro atoms. The molecule has 1 aromatic heterocycles. The predicted octanol–water partition coefficient (Wildman–Crippen LogP) is 1.34. The summed E-state index contributed by atoms with van der Waals surface area (Å²) in [4.78, 5) is 26.3. The maximum absolute atomic E-state index is 13.1. The van der Waals surface area contributed by atoms with Crippen molar-refractivity contribution in [2.75, 3.05) is 26.7 Å². The molecule has 1 aliphatic heterocycles. The predicted molar refractivity (Wildman–Crippen MR) is 101 cm³/mol. The molecule has 0 saturated carbocycles. The van der Waals surface area contributed by atoms with Gasteiger partial charge in [0.1, 0.15) is 11.4 Å². The largest absolute Gasteiger partial charge is 0.496 e. The molecule has 0 radical (unpaired) electrons. The van der Waals surface area contributed by atoms with E-state index in [1.54, 1.807) is 31.0 Å². The van der Waals surface area contributed by atoms with Gasteiger partial charge in [0.25, 0.3) is 5.91 Å². The van der Waals surface area contributed by atoms with E-state index in [0.29, 0.717) is 30.9 Å². The van der Waals surface area contributed by atoms with Crippen LogP contribution in [0.1, 0.15) is 32.5 Å². The molecule has 26 heavy (non-hydrogen) atoms. The molecule has 2 heterocycles. The van der Waals surface area contributed by atoms with Gasteiger partial charge in [-0.05, 0) is 12.1 Å². The molecular weight excluding hydrogens is 356 g/mol. The zero-order valence-electron chi connectivity index (χ0n) is 14.8. The zero-order chi connectivity index (χ0) is 18.0. The van der Waals surface area contributed by atoms with E-state index in [9.17, 15) is 9.59 Å². The van der Waals surface area contributed by atoms with Crippen molar-refractivity contribution in [2.24, 2.45) is 12.8 Å². The van der Waals surface area contributed by atoms with Crippen molar-refractivity contribution >= 4 is 24.2 Å². The Balaban J connectivity index is 0.00000243. The summed E-state index contributed by atoms with van der Waals surface area (Å²) >= 11 is 0. The summed E-state index contributed by atoms with van der Waals surface area (Å²) in [7, 11) is 3.36. The van der Waals surface area contributed by atoms with Gasteiger partial charge in [-0.1, -0.05) is 18.2 Å². The number of carbonyl (C=O) groups is 2. The van der Waals surface area contributed by atoms with Crippen LogP contribution in [0.25, 0.3) is 0 Å². The number of aryl methyl sites for hydroxylation is 1. The van der Waals surface area contributed by atoms with E-state index in [-0.39, 0.29) is 24.4 Å². The Kier molecular flexibility index (Phi) is 6.28. The summed E-state index contributed by atoms with van der Waals surface area (Å²) in [5, 5.41) is 3.33. The van der Waals surface area contributed by atoms with Crippen molar-refractivity contribution in [1.82, 2.24) is 14.8 Å². The third-order valence-corrected chi connectivity index (χ3v) is 4.51. The van der Waals surface area contributed by atoms with Gasteiger partial charge in [0.15, 0.2) is 0 Å². The van der Waals surface area contributed by atoms with Gasteiger partial charge in [-0.3, -0.25) is 9.59 Å². The van der Waals surface area contributed by atoms with Gasteiger partial charge >= 0.3 is 0 Å². The first-order chi connectivity index (χ1) is 12.0. The minimum atomic E-state index is -0.545. The van der Waals surface area contributed by atoms with Gasteiger partial charge in [-0.15, -0.1) is 12.4 Å². The van der Waals surface area contributed by atoms with Crippen molar-refractivity contribution in [3.8, 4) is 5.75 Å². The standard InChI is InChI=1S/C18H22N4O3.ClH/c1-21-11-12(17(19)23)9-14(21)18(24)22-8-7-20-10-15(22)13-5-3-4-6-16(13)25-2;/h3-6,9,11,15,20H,7-8,10H2,1-2H3,(H2,19,23);1H.